The van der Waals surface area contributed by atoms with Crippen molar-refractivity contribution >= 4 is 14.1 Å². The van der Waals surface area contributed by atoms with Crippen LogP contribution in [-0.4, -0.2) is 45.3 Å². The van der Waals surface area contributed by atoms with Gasteiger partial charge in [-0.2, -0.15) is 0 Å². The number of carbonyl (C=O) groups is 1. The van der Waals surface area contributed by atoms with Gasteiger partial charge in [0.25, 0.3) is 8.32 Å². The first kappa shape index (κ1) is 23.6. The van der Waals surface area contributed by atoms with Gasteiger partial charge in [0.1, 0.15) is 11.9 Å². The molecule has 1 aliphatic rings. The average molecular weight is 419 g/mol. The van der Waals surface area contributed by atoms with Crippen LogP contribution in [0.25, 0.3) is 0 Å². The van der Waals surface area contributed by atoms with E-state index in [9.17, 15) is 4.79 Å². The van der Waals surface area contributed by atoms with E-state index in [-0.39, 0.29) is 23.2 Å². The lowest BCUT2D eigenvalue weighted by Gasteiger charge is -2.36. The molecule has 0 spiro atoms. The molecular weight excluding hydrogens is 384 g/mol. The summed E-state index contributed by atoms with van der Waals surface area (Å²) in [7, 11) is -2.06. The Morgan fingerprint density at radius 1 is 1.28 bits per heavy atom. The third kappa shape index (κ3) is 6.16. The molecule has 0 aromatic heterocycles. The van der Waals surface area contributed by atoms with Crippen LogP contribution in [0.15, 0.2) is 24.3 Å². The van der Waals surface area contributed by atoms with Crippen molar-refractivity contribution in [2.24, 2.45) is 0 Å². The van der Waals surface area contributed by atoms with Gasteiger partial charge >= 0.3 is 0 Å². The first-order valence-electron chi connectivity index (χ1n) is 10.2. The molecule has 1 aromatic carbocycles. The van der Waals surface area contributed by atoms with Gasteiger partial charge in [-0.3, -0.25) is 4.79 Å². The molecule has 29 heavy (non-hydrogen) atoms. The van der Waals surface area contributed by atoms with Crippen molar-refractivity contribution in [2.75, 3.05) is 13.2 Å². The van der Waals surface area contributed by atoms with Crippen molar-refractivity contribution < 1.29 is 23.4 Å². The molecule has 6 heteroatoms. The summed E-state index contributed by atoms with van der Waals surface area (Å²) in [5.74, 6) is 6.05. The number of ether oxygens (including phenoxy) is 3. The van der Waals surface area contributed by atoms with Crippen molar-refractivity contribution in [1.29, 1.82) is 0 Å². The van der Waals surface area contributed by atoms with Crippen LogP contribution in [0.4, 0.5) is 0 Å². The zero-order valence-electron chi connectivity index (χ0n) is 18.9. The van der Waals surface area contributed by atoms with E-state index in [2.05, 4.69) is 45.7 Å². The van der Waals surface area contributed by atoms with E-state index in [1.807, 2.05) is 39.0 Å². The fraction of sp³-hybridized carbons (Fsp3) is 0.609. The minimum Gasteiger partial charge on any atom is -0.543 e. The number of Topliss-reactive ketones (excluding diaryl/α,β-unsaturated/α-hetero) is 1. The fourth-order valence-corrected chi connectivity index (χ4v) is 3.52. The van der Waals surface area contributed by atoms with Crippen LogP contribution in [0.5, 0.6) is 5.75 Å². The second-order valence-corrected chi connectivity index (χ2v) is 13.7. The maximum Gasteiger partial charge on any atom is 0.250 e. The average Bonchev–Trinajstić information content (AvgIpc) is 3.28. The Morgan fingerprint density at radius 3 is 2.55 bits per heavy atom. The Hall–Kier alpha value is -1.65. The Morgan fingerprint density at radius 2 is 1.93 bits per heavy atom. The summed E-state index contributed by atoms with van der Waals surface area (Å²) in [5, 5.41) is 0.0377. The van der Waals surface area contributed by atoms with Gasteiger partial charge in [0.2, 0.25) is 5.78 Å². The highest BCUT2D eigenvalue weighted by molar-refractivity contribution is 6.74. The second kappa shape index (κ2) is 9.01. The Bertz CT molecular complexity index is 786. The number of rotatable bonds is 8. The highest BCUT2D eigenvalue weighted by Crippen LogP contribution is 2.38. The standard InChI is InChI=1S/C23H34O5Si/c1-9-25-17(2)26-16-21-23(6,27-21)15-14-19(24)18-12-10-11-13-20(18)28-29(7,8)22(3,4)5/h10-13,17,21H,9,16H2,1-8H3/t17?,21-,23-/m0/s1. The predicted octanol–water partition coefficient (Wildman–Crippen LogP) is 4.81. The van der Waals surface area contributed by atoms with Crippen molar-refractivity contribution in [3.05, 3.63) is 29.8 Å². The predicted molar refractivity (Wildman–Crippen MR) is 117 cm³/mol. The van der Waals surface area contributed by atoms with E-state index in [1.165, 1.54) is 0 Å². The third-order valence-corrected chi connectivity index (χ3v) is 9.90. The van der Waals surface area contributed by atoms with Gasteiger partial charge in [0.05, 0.1) is 12.2 Å². The molecule has 1 fully saturated rings. The molecule has 5 nitrogen and oxygen atoms in total. The summed E-state index contributed by atoms with van der Waals surface area (Å²) in [4.78, 5) is 12.8. The van der Waals surface area contributed by atoms with Crippen LogP contribution >= 0.6 is 0 Å². The van der Waals surface area contributed by atoms with E-state index in [0.717, 1.165) is 0 Å². The second-order valence-electron chi connectivity index (χ2n) is 9.01. The molecule has 0 radical (unpaired) electrons. The molecule has 1 aliphatic heterocycles. The van der Waals surface area contributed by atoms with Crippen LogP contribution in [-0.2, 0) is 14.2 Å². The number of epoxide rings is 1. The highest BCUT2D eigenvalue weighted by atomic mass is 28.4. The largest absolute Gasteiger partial charge is 0.543 e. The topological polar surface area (TPSA) is 57.3 Å². The van der Waals surface area contributed by atoms with Crippen LogP contribution in [0.3, 0.4) is 0 Å². The lowest BCUT2D eigenvalue weighted by Crippen LogP contribution is -2.44. The van der Waals surface area contributed by atoms with Crippen molar-refractivity contribution in [3.8, 4) is 17.6 Å². The normalized spacial score (nSPS) is 22.4. The number of hydrogen-bond acceptors (Lipinski definition) is 5. The third-order valence-electron chi connectivity index (χ3n) is 5.56. The summed E-state index contributed by atoms with van der Waals surface area (Å²) >= 11 is 0. The van der Waals surface area contributed by atoms with Gasteiger partial charge in [-0.15, -0.1) is 0 Å². The Labute approximate surface area is 176 Å². The quantitative estimate of drug-likeness (QED) is 0.151. The fourth-order valence-electron chi connectivity index (χ4n) is 2.49. The van der Waals surface area contributed by atoms with Crippen molar-refractivity contribution in [2.45, 2.75) is 77.7 Å². The van der Waals surface area contributed by atoms with Crippen LogP contribution in [0, 0.1) is 11.8 Å². The summed E-state index contributed by atoms with van der Waals surface area (Å²) in [5.41, 5.74) is -0.177. The highest BCUT2D eigenvalue weighted by Gasteiger charge is 2.51. The number of ketones is 1. The van der Waals surface area contributed by atoms with Gasteiger partial charge in [-0.1, -0.05) is 38.8 Å². The monoisotopic (exact) mass is 418 g/mol. The SMILES string of the molecule is CCOC(C)OC[C@@H]1O[C@@]1(C)C#CC(=O)c1ccccc1O[Si](C)(C)C(C)(C)C. The minimum atomic E-state index is -2.06. The molecule has 1 unspecified atom stereocenters. The summed E-state index contributed by atoms with van der Waals surface area (Å²) in [6.07, 6.45) is -0.452. The molecule has 0 saturated carbocycles. The summed E-state index contributed by atoms with van der Waals surface area (Å²) < 4.78 is 22.9. The molecular formula is C23H34O5Si. The number of hydrogen-bond donors (Lipinski definition) is 0. The molecule has 0 amide bonds. The molecule has 160 valence electrons. The lowest BCUT2D eigenvalue weighted by atomic mass is 10.1. The van der Waals surface area contributed by atoms with Gasteiger partial charge in [0, 0.05) is 6.61 Å². The number of carbonyl (C=O) groups excluding carboxylic acids is 1. The zero-order valence-corrected chi connectivity index (χ0v) is 19.9. The van der Waals surface area contributed by atoms with E-state index in [0.29, 0.717) is 24.5 Å². The van der Waals surface area contributed by atoms with Crippen molar-refractivity contribution in [1.82, 2.24) is 0 Å². The molecule has 1 heterocycles. The molecule has 1 saturated heterocycles. The van der Waals surface area contributed by atoms with Crippen LogP contribution in [0.2, 0.25) is 18.1 Å². The van der Waals surface area contributed by atoms with Crippen LogP contribution < -0.4 is 4.43 Å². The van der Waals surface area contributed by atoms with E-state index in [4.69, 9.17) is 18.6 Å². The lowest BCUT2D eigenvalue weighted by molar-refractivity contribution is -0.129. The maximum absolute atomic E-state index is 12.8. The molecule has 1 aromatic rings. The van der Waals surface area contributed by atoms with Crippen molar-refractivity contribution in [3.63, 3.8) is 0 Å². The van der Waals surface area contributed by atoms with E-state index >= 15 is 0 Å². The molecule has 0 aliphatic carbocycles. The molecule has 0 bridgehead atoms. The molecule has 0 N–H and O–H groups in total. The first-order chi connectivity index (χ1) is 13.4. The van der Waals surface area contributed by atoms with Gasteiger partial charge in [0.15, 0.2) is 11.9 Å². The number of para-hydroxylation sites is 1. The smallest absolute Gasteiger partial charge is 0.250 e. The summed E-state index contributed by atoms with van der Waals surface area (Å²) in [6.45, 7) is 17.4. The molecule has 3 atom stereocenters. The van der Waals surface area contributed by atoms with Gasteiger partial charge < -0.3 is 18.6 Å². The maximum atomic E-state index is 12.8. The first-order valence-corrected chi connectivity index (χ1v) is 13.1. The van der Waals surface area contributed by atoms with E-state index < -0.39 is 13.9 Å². The summed E-state index contributed by atoms with van der Waals surface area (Å²) in [6, 6.07) is 7.32. The van der Waals surface area contributed by atoms with Crippen LogP contribution in [0.1, 0.15) is 51.9 Å². The van der Waals surface area contributed by atoms with Gasteiger partial charge in [-0.25, -0.2) is 0 Å². The zero-order chi connectivity index (χ0) is 21.9. The number of benzene rings is 1. The van der Waals surface area contributed by atoms with Gasteiger partial charge in [-0.05, 0) is 57.0 Å². The Kier molecular flexibility index (Phi) is 7.34. The van der Waals surface area contributed by atoms with E-state index in [1.54, 1.807) is 6.07 Å². The molecule has 2 rings (SSSR count). The Balaban J connectivity index is 2.07. The minimum absolute atomic E-state index is 0.0377.